The van der Waals surface area contributed by atoms with Crippen LogP contribution in [0, 0.1) is 12.8 Å². The highest BCUT2D eigenvalue weighted by Gasteiger charge is 2.36. The van der Waals surface area contributed by atoms with Gasteiger partial charge in [0, 0.05) is 31.3 Å². The molecule has 6 nitrogen and oxygen atoms in total. The molecule has 1 aromatic carbocycles. The summed E-state index contributed by atoms with van der Waals surface area (Å²) in [5.74, 6) is 0.361. The topological polar surface area (TPSA) is 67.2 Å². The molecule has 1 N–H and O–H groups in total. The summed E-state index contributed by atoms with van der Waals surface area (Å²) in [6, 6.07) is 7.83. The van der Waals surface area contributed by atoms with Crippen molar-refractivity contribution in [1.82, 2.24) is 9.78 Å². The maximum atomic E-state index is 12.7. The van der Waals surface area contributed by atoms with E-state index in [1.54, 1.807) is 9.58 Å². The van der Waals surface area contributed by atoms with Gasteiger partial charge in [0.05, 0.1) is 11.6 Å². The minimum atomic E-state index is -0.333. The van der Waals surface area contributed by atoms with Crippen LogP contribution in [0.2, 0.25) is 0 Å². The molecule has 0 radical (unpaired) electrons. The van der Waals surface area contributed by atoms with E-state index >= 15 is 0 Å². The number of aryl methyl sites for hydroxylation is 3. The molecule has 0 unspecified atom stereocenters. The van der Waals surface area contributed by atoms with E-state index in [-0.39, 0.29) is 24.2 Å². The Labute approximate surface area is 146 Å². The minimum absolute atomic E-state index is 0.000705. The predicted octanol–water partition coefficient (Wildman–Crippen LogP) is 2.21. The van der Waals surface area contributed by atoms with E-state index in [1.807, 2.05) is 38.2 Å². The standard InChI is InChI=1S/C19H22N4O2/c1-12-6-8-14(9-7-12)23-11-13(10-17(23)24)19(25)20-18-15-4-3-5-16(15)21-22(18)2/h6-9,13H,3-5,10-11H2,1-2H3,(H,20,25)/t13-/m0/s1. The Morgan fingerprint density at radius 2 is 2.00 bits per heavy atom. The average Bonchev–Trinajstić information content (AvgIpc) is 3.26. The Kier molecular flexibility index (Phi) is 3.82. The minimum Gasteiger partial charge on any atom is -0.312 e. The highest BCUT2D eigenvalue weighted by atomic mass is 16.2. The molecule has 2 amide bonds. The van der Waals surface area contributed by atoms with Gasteiger partial charge >= 0.3 is 0 Å². The summed E-state index contributed by atoms with van der Waals surface area (Å²) in [5, 5.41) is 7.50. The van der Waals surface area contributed by atoms with Crippen molar-refractivity contribution in [3.63, 3.8) is 0 Å². The van der Waals surface area contributed by atoms with Crippen molar-refractivity contribution in [2.75, 3.05) is 16.8 Å². The second-order valence-electron chi connectivity index (χ2n) is 6.98. The number of rotatable bonds is 3. The third-order valence-corrected chi connectivity index (χ3v) is 5.15. The zero-order chi connectivity index (χ0) is 17.6. The summed E-state index contributed by atoms with van der Waals surface area (Å²) in [6.45, 7) is 2.44. The van der Waals surface area contributed by atoms with Gasteiger partial charge in [0.2, 0.25) is 11.8 Å². The molecule has 6 heteroatoms. The van der Waals surface area contributed by atoms with Crippen LogP contribution in [0.1, 0.15) is 29.7 Å². The van der Waals surface area contributed by atoms with Crippen molar-refractivity contribution in [2.45, 2.75) is 32.6 Å². The number of aromatic nitrogens is 2. The smallest absolute Gasteiger partial charge is 0.230 e. The maximum absolute atomic E-state index is 12.7. The van der Waals surface area contributed by atoms with E-state index in [1.165, 1.54) is 0 Å². The summed E-state index contributed by atoms with van der Waals surface area (Å²) >= 11 is 0. The van der Waals surface area contributed by atoms with Crippen LogP contribution in [-0.4, -0.2) is 28.1 Å². The van der Waals surface area contributed by atoms with Gasteiger partial charge in [-0.15, -0.1) is 0 Å². The van der Waals surface area contributed by atoms with Crippen LogP contribution in [0.4, 0.5) is 11.5 Å². The molecule has 1 atom stereocenters. The van der Waals surface area contributed by atoms with Gasteiger partial charge in [-0.25, -0.2) is 0 Å². The second kappa shape index (κ2) is 6.02. The summed E-state index contributed by atoms with van der Waals surface area (Å²) in [4.78, 5) is 26.8. The van der Waals surface area contributed by atoms with Gasteiger partial charge in [0.1, 0.15) is 5.82 Å². The second-order valence-corrected chi connectivity index (χ2v) is 6.98. The largest absolute Gasteiger partial charge is 0.312 e. The number of carbonyl (C=O) groups excluding carboxylic acids is 2. The zero-order valence-corrected chi connectivity index (χ0v) is 14.6. The number of carbonyl (C=O) groups is 2. The van der Waals surface area contributed by atoms with E-state index in [9.17, 15) is 9.59 Å². The highest BCUT2D eigenvalue weighted by Crippen LogP contribution is 2.30. The van der Waals surface area contributed by atoms with Gasteiger partial charge in [-0.3, -0.25) is 14.3 Å². The fraction of sp³-hybridized carbons (Fsp3) is 0.421. The van der Waals surface area contributed by atoms with Crippen LogP contribution < -0.4 is 10.2 Å². The van der Waals surface area contributed by atoms with E-state index < -0.39 is 0 Å². The van der Waals surface area contributed by atoms with Crippen molar-refractivity contribution in [3.05, 3.63) is 41.1 Å². The molecule has 4 rings (SSSR count). The lowest BCUT2D eigenvalue weighted by Crippen LogP contribution is -2.28. The quantitative estimate of drug-likeness (QED) is 0.933. The van der Waals surface area contributed by atoms with Gasteiger partial charge in [-0.05, 0) is 38.3 Å². The normalized spacial score (nSPS) is 19.4. The first-order valence-electron chi connectivity index (χ1n) is 8.75. The number of nitrogens with zero attached hydrogens (tertiary/aromatic N) is 3. The average molecular weight is 338 g/mol. The molecule has 0 saturated carbocycles. The summed E-state index contributed by atoms with van der Waals surface area (Å²) in [7, 11) is 1.85. The number of amides is 2. The number of nitrogens with one attached hydrogen (secondary N) is 1. The fourth-order valence-electron chi connectivity index (χ4n) is 3.75. The molecule has 1 aliphatic heterocycles. The Hall–Kier alpha value is -2.63. The lowest BCUT2D eigenvalue weighted by molar-refractivity contribution is -0.122. The van der Waals surface area contributed by atoms with Crippen LogP contribution >= 0.6 is 0 Å². The van der Waals surface area contributed by atoms with E-state index in [0.717, 1.165) is 47.6 Å². The Bertz CT molecular complexity index is 838. The molecule has 2 aromatic rings. The first kappa shape index (κ1) is 15.9. The van der Waals surface area contributed by atoms with Crippen LogP contribution in [-0.2, 0) is 29.5 Å². The number of hydrogen-bond donors (Lipinski definition) is 1. The summed E-state index contributed by atoms with van der Waals surface area (Å²) in [6.07, 6.45) is 3.27. The van der Waals surface area contributed by atoms with E-state index in [2.05, 4.69) is 10.4 Å². The lowest BCUT2D eigenvalue weighted by Gasteiger charge is -2.17. The van der Waals surface area contributed by atoms with Crippen LogP contribution in [0.25, 0.3) is 0 Å². The fourth-order valence-corrected chi connectivity index (χ4v) is 3.75. The lowest BCUT2D eigenvalue weighted by atomic mass is 10.1. The van der Waals surface area contributed by atoms with E-state index in [0.29, 0.717) is 6.54 Å². The molecule has 1 aromatic heterocycles. The Balaban J connectivity index is 1.49. The third-order valence-electron chi connectivity index (χ3n) is 5.15. The van der Waals surface area contributed by atoms with Crippen molar-refractivity contribution >= 4 is 23.3 Å². The van der Waals surface area contributed by atoms with Gasteiger partial charge in [-0.2, -0.15) is 5.10 Å². The third kappa shape index (κ3) is 2.81. The first-order valence-corrected chi connectivity index (χ1v) is 8.75. The number of anilines is 2. The molecule has 2 aliphatic rings. The number of benzene rings is 1. The maximum Gasteiger partial charge on any atom is 0.230 e. The molecule has 1 saturated heterocycles. The molecule has 130 valence electrons. The van der Waals surface area contributed by atoms with Crippen molar-refractivity contribution in [2.24, 2.45) is 13.0 Å². The van der Waals surface area contributed by atoms with E-state index in [4.69, 9.17) is 0 Å². The van der Waals surface area contributed by atoms with Gasteiger partial charge < -0.3 is 10.2 Å². The van der Waals surface area contributed by atoms with Crippen LogP contribution in [0.3, 0.4) is 0 Å². The Morgan fingerprint density at radius 1 is 1.24 bits per heavy atom. The monoisotopic (exact) mass is 338 g/mol. The molecule has 1 aliphatic carbocycles. The number of hydrogen-bond acceptors (Lipinski definition) is 3. The molecule has 2 heterocycles. The molecule has 0 bridgehead atoms. The molecule has 1 fully saturated rings. The SMILES string of the molecule is Cc1ccc(N2C[C@@H](C(=O)Nc3c4c(nn3C)CCC4)CC2=O)cc1. The molecule has 25 heavy (non-hydrogen) atoms. The van der Waals surface area contributed by atoms with Crippen LogP contribution in [0.5, 0.6) is 0 Å². The Morgan fingerprint density at radius 3 is 2.76 bits per heavy atom. The predicted molar refractivity (Wildman–Crippen MR) is 95.5 cm³/mol. The van der Waals surface area contributed by atoms with Crippen LogP contribution in [0.15, 0.2) is 24.3 Å². The van der Waals surface area contributed by atoms with Gasteiger partial charge in [-0.1, -0.05) is 17.7 Å². The first-order chi connectivity index (χ1) is 12.0. The number of fused-ring (bicyclic) bond motifs is 1. The van der Waals surface area contributed by atoms with Gasteiger partial charge in [0.15, 0.2) is 0 Å². The molecular formula is C19H22N4O2. The zero-order valence-electron chi connectivity index (χ0n) is 14.6. The molecule has 0 spiro atoms. The summed E-state index contributed by atoms with van der Waals surface area (Å²) in [5.41, 5.74) is 4.24. The van der Waals surface area contributed by atoms with Crippen molar-refractivity contribution < 1.29 is 9.59 Å². The summed E-state index contributed by atoms with van der Waals surface area (Å²) < 4.78 is 1.75. The van der Waals surface area contributed by atoms with Crippen molar-refractivity contribution in [3.8, 4) is 0 Å². The van der Waals surface area contributed by atoms with Crippen molar-refractivity contribution in [1.29, 1.82) is 0 Å². The van der Waals surface area contributed by atoms with Gasteiger partial charge in [0.25, 0.3) is 0 Å². The molecular weight excluding hydrogens is 316 g/mol. The highest BCUT2D eigenvalue weighted by molar-refractivity contribution is 6.03.